The summed E-state index contributed by atoms with van der Waals surface area (Å²) < 4.78 is 38.1. The maximum Gasteiger partial charge on any atom is 0.395 e. The van der Waals surface area contributed by atoms with Gasteiger partial charge in [-0.2, -0.15) is 25.8 Å². The lowest BCUT2D eigenvalue weighted by Gasteiger charge is -2.20. The van der Waals surface area contributed by atoms with Crippen molar-refractivity contribution in [3.05, 3.63) is 35.9 Å². The van der Waals surface area contributed by atoms with E-state index < -0.39 is 12.1 Å². The fraction of sp³-hybridized carbons (Fsp3) is 0.455. The minimum absolute atomic E-state index is 0.108. The molecule has 1 rings (SSSR count). The third-order valence-electron chi connectivity index (χ3n) is 2.25. The zero-order valence-electron chi connectivity index (χ0n) is 8.17. The molecule has 4 heteroatoms. The minimum Gasteiger partial charge on any atom is -0.179 e. The highest BCUT2D eigenvalue weighted by Crippen LogP contribution is 2.38. The van der Waals surface area contributed by atoms with Gasteiger partial charge in [0.05, 0.1) is 5.92 Å². The van der Waals surface area contributed by atoms with E-state index >= 15 is 0 Å². The van der Waals surface area contributed by atoms with Gasteiger partial charge in [0.15, 0.2) is 0 Å². The van der Waals surface area contributed by atoms with Crippen molar-refractivity contribution in [2.24, 2.45) is 0 Å². The van der Waals surface area contributed by atoms with Crippen LogP contribution < -0.4 is 0 Å². The molecule has 0 aromatic heterocycles. The van der Waals surface area contributed by atoms with E-state index in [0.717, 1.165) is 0 Å². The highest BCUT2D eigenvalue weighted by molar-refractivity contribution is 7.80. The van der Waals surface area contributed by atoms with Gasteiger partial charge in [-0.25, -0.2) is 0 Å². The third-order valence-corrected chi connectivity index (χ3v) is 2.56. The number of hydrogen-bond donors (Lipinski definition) is 1. The Morgan fingerprint density at radius 2 is 1.73 bits per heavy atom. The molecule has 0 saturated carbocycles. The van der Waals surface area contributed by atoms with Crippen molar-refractivity contribution in [1.82, 2.24) is 0 Å². The molecular weight excluding hydrogens is 221 g/mol. The number of rotatable bonds is 4. The lowest BCUT2D eigenvalue weighted by Crippen LogP contribution is -2.20. The number of thiol groups is 1. The van der Waals surface area contributed by atoms with Crippen molar-refractivity contribution in [3.63, 3.8) is 0 Å². The molecule has 0 bridgehead atoms. The normalized spacial score (nSPS) is 13.9. The Balaban J connectivity index is 2.82. The van der Waals surface area contributed by atoms with Gasteiger partial charge in [0.1, 0.15) is 0 Å². The van der Waals surface area contributed by atoms with Crippen molar-refractivity contribution in [2.75, 3.05) is 5.75 Å². The first kappa shape index (κ1) is 12.4. The van der Waals surface area contributed by atoms with Gasteiger partial charge in [-0.15, -0.1) is 0 Å². The molecule has 15 heavy (non-hydrogen) atoms. The number of alkyl halides is 3. The van der Waals surface area contributed by atoms with E-state index in [2.05, 4.69) is 12.6 Å². The van der Waals surface area contributed by atoms with Crippen LogP contribution in [0.1, 0.15) is 24.3 Å². The number of halogens is 3. The predicted molar refractivity (Wildman–Crippen MR) is 58.3 cm³/mol. The summed E-state index contributed by atoms with van der Waals surface area (Å²) in [7, 11) is 0. The summed E-state index contributed by atoms with van der Waals surface area (Å²) in [5.41, 5.74) is 0.340. The van der Waals surface area contributed by atoms with Crippen LogP contribution in [0.15, 0.2) is 30.3 Å². The Kier molecular flexibility index (Phi) is 4.51. The second kappa shape index (κ2) is 5.45. The van der Waals surface area contributed by atoms with Crippen molar-refractivity contribution >= 4 is 12.6 Å². The highest BCUT2D eigenvalue weighted by Gasteiger charge is 2.39. The maximum atomic E-state index is 12.7. The number of benzene rings is 1. The Bertz CT molecular complexity index is 282. The van der Waals surface area contributed by atoms with Crippen molar-refractivity contribution < 1.29 is 13.2 Å². The van der Waals surface area contributed by atoms with Crippen molar-refractivity contribution in [1.29, 1.82) is 0 Å². The Labute approximate surface area is 92.9 Å². The van der Waals surface area contributed by atoms with Gasteiger partial charge in [0.2, 0.25) is 0 Å². The first-order valence-electron chi connectivity index (χ1n) is 4.78. The zero-order valence-corrected chi connectivity index (χ0v) is 9.06. The summed E-state index contributed by atoms with van der Waals surface area (Å²) in [6.07, 6.45) is -3.58. The molecule has 0 heterocycles. The fourth-order valence-electron chi connectivity index (χ4n) is 1.50. The molecule has 1 aromatic carbocycles. The van der Waals surface area contributed by atoms with E-state index in [0.29, 0.717) is 17.7 Å². The molecule has 0 nitrogen and oxygen atoms in total. The van der Waals surface area contributed by atoms with Crippen LogP contribution in [0.25, 0.3) is 0 Å². The molecule has 0 fully saturated rings. The monoisotopic (exact) mass is 234 g/mol. The second-order valence-electron chi connectivity index (χ2n) is 3.37. The van der Waals surface area contributed by atoms with Crippen LogP contribution in [-0.2, 0) is 0 Å². The van der Waals surface area contributed by atoms with Crippen LogP contribution in [0, 0.1) is 0 Å². The van der Waals surface area contributed by atoms with Crippen molar-refractivity contribution in [2.45, 2.75) is 24.9 Å². The van der Waals surface area contributed by atoms with Gasteiger partial charge in [0.25, 0.3) is 0 Å². The van der Waals surface area contributed by atoms with E-state index in [1.807, 2.05) is 0 Å². The van der Waals surface area contributed by atoms with E-state index in [-0.39, 0.29) is 6.42 Å². The quantitative estimate of drug-likeness (QED) is 0.747. The third kappa shape index (κ3) is 3.78. The number of hydrogen-bond acceptors (Lipinski definition) is 1. The minimum atomic E-state index is -4.16. The summed E-state index contributed by atoms with van der Waals surface area (Å²) in [6, 6.07) is 8.03. The summed E-state index contributed by atoms with van der Waals surface area (Å²) in [6.45, 7) is 0. The van der Waals surface area contributed by atoms with Gasteiger partial charge in [-0.3, -0.25) is 0 Å². The van der Waals surface area contributed by atoms with Crippen molar-refractivity contribution in [3.8, 4) is 0 Å². The molecule has 0 aliphatic carbocycles. The largest absolute Gasteiger partial charge is 0.395 e. The maximum absolute atomic E-state index is 12.7. The van der Waals surface area contributed by atoms with Crippen LogP contribution in [-0.4, -0.2) is 11.9 Å². The van der Waals surface area contributed by atoms with Crippen LogP contribution >= 0.6 is 12.6 Å². The summed E-state index contributed by atoms with van der Waals surface area (Å²) >= 11 is 3.94. The van der Waals surface area contributed by atoms with Gasteiger partial charge in [-0.05, 0) is 24.2 Å². The molecule has 0 spiro atoms. The van der Waals surface area contributed by atoms with E-state index in [9.17, 15) is 13.2 Å². The standard InChI is InChI=1S/C11H13F3S/c12-11(13,14)10(7-4-8-15)9-5-2-1-3-6-9/h1-3,5-6,10,15H,4,7-8H2. The lowest BCUT2D eigenvalue weighted by molar-refractivity contribution is -0.151. The lowest BCUT2D eigenvalue weighted by atomic mass is 9.94. The first-order valence-corrected chi connectivity index (χ1v) is 5.41. The molecule has 0 radical (unpaired) electrons. The summed E-state index contributed by atoms with van der Waals surface area (Å²) in [5, 5.41) is 0. The van der Waals surface area contributed by atoms with E-state index in [4.69, 9.17) is 0 Å². The average Bonchev–Trinajstić information content (AvgIpc) is 2.18. The molecule has 1 atom stereocenters. The molecule has 0 aliphatic heterocycles. The van der Waals surface area contributed by atoms with Gasteiger partial charge >= 0.3 is 6.18 Å². The van der Waals surface area contributed by atoms with E-state index in [1.54, 1.807) is 18.2 Å². The SMILES string of the molecule is FC(F)(F)C(CCCS)c1ccccc1. The molecule has 0 saturated heterocycles. The molecular formula is C11H13F3S. The fourth-order valence-corrected chi connectivity index (χ4v) is 1.68. The van der Waals surface area contributed by atoms with Crippen LogP contribution in [0.3, 0.4) is 0 Å². The topological polar surface area (TPSA) is 0 Å². The Morgan fingerprint density at radius 3 is 2.20 bits per heavy atom. The second-order valence-corrected chi connectivity index (χ2v) is 3.82. The van der Waals surface area contributed by atoms with Gasteiger partial charge < -0.3 is 0 Å². The van der Waals surface area contributed by atoms with Gasteiger partial charge in [0, 0.05) is 0 Å². The molecule has 1 aromatic rings. The Morgan fingerprint density at radius 1 is 1.13 bits per heavy atom. The summed E-state index contributed by atoms with van der Waals surface area (Å²) in [5.74, 6) is -0.870. The van der Waals surface area contributed by atoms with Gasteiger partial charge in [-0.1, -0.05) is 30.3 Å². The predicted octanol–water partition coefficient (Wildman–Crippen LogP) is 4.04. The van der Waals surface area contributed by atoms with Crippen LogP contribution in [0.5, 0.6) is 0 Å². The first-order chi connectivity index (χ1) is 7.05. The molecule has 0 aliphatic rings. The van der Waals surface area contributed by atoms with Crippen LogP contribution in [0.2, 0.25) is 0 Å². The zero-order chi connectivity index (χ0) is 11.3. The smallest absolute Gasteiger partial charge is 0.179 e. The van der Waals surface area contributed by atoms with Crippen LogP contribution in [0.4, 0.5) is 13.2 Å². The average molecular weight is 234 g/mol. The summed E-state index contributed by atoms with van der Waals surface area (Å²) in [4.78, 5) is 0. The molecule has 84 valence electrons. The molecule has 0 amide bonds. The van der Waals surface area contributed by atoms with E-state index in [1.165, 1.54) is 12.1 Å². The molecule has 0 N–H and O–H groups in total. The highest BCUT2D eigenvalue weighted by atomic mass is 32.1. The Hall–Kier alpha value is -0.640. The molecule has 1 unspecified atom stereocenters.